The number of benzene rings is 1. The van der Waals surface area contributed by atoms with Crippen molar-refractivity contribution in [3.8, 4) is 0 Å². The zero-order chi connectivity index (χ0) is 19.5. The van der Waals surface area contributed by atoms with Crippen LogP contribution in [0.4, 0.5) is 0 Å². The minimum Gasteiger partial charge on any atom is -0.383 e. The Morgan fingerprint density at radius 2 is 2.04 bits per heavy atom. The van der Waals surface area contributed by atoms with Gasteiger partial charge in [0.1, 0.15) is 6.04 Å². The van der Waals surface area contributed by atoms with Gasteiger partial charge in [-0.2, -0.15) is 0 Å². The zero-order valence-electron chi connectivity index (χ0n) is 16.5. The summed E-state index contributed by atoms with van der Waals surface area (Å²) in [5.74, 6) is 0.220. The second kappa shape index (κ2) is 8.59. The Balaban J connectivity index is 1.52. The van der Waals surface area contributed by atoms with Gasteiger partial charge in [0.15, 0.2) is 0 Å². The van der Waals surface area contributed by atoms with E-state index in [4.69, 9.17) is 4.74 Å². The molecule has 1 aliphatic carbocycles. The summed E-state index contributed by atoms with van der Waals surface area (Å²) in [5.41, 5.74) is 4.57. The quantitative estimate of drug-likeness (QED) is 0.711. The van der Waals surface area contributed by atoms with Gasteiger partial charge in [0.05, 0.1) is 6.61 Å². The van der Waals surface area contributed by atoms with Crippen molar-refractivity contribution in [1.82, 2.24) is 20.7 Å². The number of piperazine rings is 1. The maximum absolute atomic E-state index is 13.3. The first-order valence-electron chi connectivity index (χ1n) is 10.3. The van der Waals surface area contributed by atoms with Crippen LogP contribution in [-0.2, 0) is 20.9 Å². The van der Waals surface area contributed by atoms with Gasteiger partial charge in [0.2, 0.25) is 11.8 Å². The predicted octanol–water partition coefficient (Wildman–Crippen LogP) is 0.908. The lowest BCUT2D eigenvalue weighted by molar-refractivity contribution is -0.157. The van der Waals surface area contributed by atoms with Crippen molar-refractivity contribution in [1.29, 1.82) is 0 Å². The zero-order valence-corrected chi connectivity index (χ0v) is 16.5. The van der Waals surface area contributed by atoms with Gasteiger partial charge in [-0.3, -0.25) is 15.0 Å². The maximum atomic E-state index is 13.3. The summed E-state index contributed by atoms with van der Waals surface area (Å²) in [4.78, 5) is 27.9. The van der Waals surface area contributed by atoms with Crippen LogP contribution in [0.3, 0.4) is 0 Å². The van der Waals surface area contributed by atoms with Crippen LogP contribution in [0.2, 0.25) is 0 Å². The van der Waals surface area contributed by atoms with E-state index in [0.29, 0.717) is 26.1 Å². The minimum absolute atomic E-state index is 0.0525. The third kappa shape index (κ3) is 3.79. The molecule has 0 aromatic heterocycles. The molecule has 2 aliphatic heterocycles. The number of amides is 2. The van der Waals surface area contributed by atoms with Crippen molar-refractivity contribution in [2.45, 2.75) is 50.4 Å². The van der Waals surface area contributed by atoms with Crippen LogP contribution in [-0.4, -0.2) is 66.7 Å². The highest BCUT2D eigenvalue weighted by Crippen LogP contribution is 2.38. The summed E-state index contributed by atoms with van der Waals surface area (Å²) in [6.07, 6.45) is 3.36. The number of nitrogens with zero attached hydrogens (tertiary/aromatic N) is 2. The smallest absolute Gasteiger partial charge is 0.242 e. The molecule has 7 heteroatoms. The lowest BCUT2D eigenvalue weighted by Gasteiger charge is -2.51. The fourth-order valence-corrected chi connectivity index (χ4v) is 4.95. The fraction of sp³-hybridized carbons (Fsp3) is 0.619. The van der Waals surface area contributed by atoms with Crippen molar-refractivity contribution < 1.29 is 14.3 Å². The first-order chi connectivity index (χ1) is 13.7. The Hall–Kier alpha value is -1.96. The first kappa shape index (κ1) is 19.4. The molecule has 7 nitrogen and oxygen atoms in total. The van der Waals surface area contributed by atoms with Gasteiger partial charge in [-0.25, -0.2) is 5.01 Å². The highest BCUT2D eigenvalue weighted by Gasteiger charge is 2.51. The number of carbonyl (C=O) groups excluding carboxylic acids is 2. The SMILES string of the molecule is COCCNC(=O)C1CCC2C(C1)N(Cc1ccccc1)C(=O)C1CCNN12. The van der Waals surface area contributed by atoms with Gasteiger partial charge in [-0.15, -0.1) is 0 Å². The van der Waals surface area contributed by atoms with Gasteiger partial charge < -0.3 is 15.0 Å². The predicted molar refractivity (Wildman–Crippen MR) is 105 cm³/mol. The number of hydrogen-bond acceptors (Lipinski definition) is 5. The third-order valence-electron chi connectivity index (χ3n) is 6.33. The summed E-state index contributed by atoms with van der Waals surface area (Å²) >= 11 is 0. The Morgan fingerprint density at radius 1 is 1.21 bits per heavy atom. The van der Waals surface area contributed by atoms with Crippen molar-refractivity contribution >= 4 is 11.8 Å². The van der Waals surface area contributed by atoms with E-state index in [9.17, 15) is 9.59 Å². The minimum atomic E-state index is -0.0722. The van der Waals surface area contributed by atoms with E-state index >= 15 is 0 Å². The topological polar surface area (TPSA) is 73.9 Å². The lowest BCUT2D eigenvalue weighted by Crippen LogP contribution is -2.68. The van der Waals surface area contributed by atoms with Crippen LogP contribution >= 0.6 is 0 Å². The second-order valence-electron chi connectivity index (χ2n) is 8.00. The van der Waals surface area contributed by atoms with Gasteiger partial charge in [-0.1, -0.05) is 30.3 Å². The summed E-state index contributed by atoms with van der Waals surface area (Å²) in [7, 11) is 1.63. The Morgan fingerprint density at radius 3 is 2.82 bits per heavy atom. The number of nitrogens with one attached hydrogen (secondary N) is 2. The number of methoxy groups -OCH3 is 1. The number of carbonyl (C=O) groups is 2. The van der Waals surface area contributed by atoms with Gasteiger partial charge in [-0.05, 0) is 31.2 Å². The largest absolute Gasteiger partial charge is 0.383 e. The molecule has 1 aromatic carbocycles. The number of hydrazine groups is 1. The van der Waals surface area contributed by atoms with Crippen LogP contribution in [0.1, 0.15) is 31.2 Å². The molecule has 0 radical (unpaired) electrons. The average molecular weight is 386 g/mol. The van der Waals surface area contributed by atoms with Crippen LogP contribution in [0.25, 0.3) is 0 Å². The lowest BCUT2D eigenvalue weighted by atomic mass is 9.78. The molecule has 4 atom stereocenters. The number of rotatable bonds is 6. The van der Waals surface area contributed by atoms with E-state index < -0.39 is 0 Å². The summed E-state index contributed by atoms with van der Waals surface area (Å²) in [6, 6.07) is 10.4. The molecule has 152 valence electrons. The molecule has 2 heterocycles. The molecule has 0 bridgehead atoms. The standard InChI is InChI=1S/C21H30N4O3/c1-28-12-11-22-20(26)16-7-8-17-19(13-16)24(14-15-5-3-2-4-6-15)21(27)18-9-10-23-25(17)18/h2-6,16-19,23H,7-14H2,1H3,(H,22,26). The van der Waals surface area contributed by atoms with Crippen LogP contribution in [0.5, 0.6) is 0 Å². The van der Waals surface area contributed by atoms with Crippen molar-refractivity contribution in [2.24, 2.45) is 5.92 Å². The van der Waals surface area contributed by atoms with Gasteiger partial charge in [0, 0.05) is 44.7 Å². The molecule has 28 heavy (non-hydrogen) atoms. The van der Waals surface area contributed by atoms with Crippen LogP contribution in [0.15, 0.2) is 30.3 Å². The molecule has 2 amide bonds. The Labute approximate surface area is 166 Å². The average Bonchev–Trinajstić information content (AvgIpc) is 3.22. The Kier molecular flexibility index (Phi) is 5.94. The van der Waals surface area contributed by atoms with E-state index in [1.807, 2.05) is 23.1 Å². The van der Waals surface area contributed by atoms with Crippen LogP contribution < -0.4 is 10.7 Å². The molecule has 1 aromatic rings. The number of fused-ring (bicyclic) bond motifs is 3. The molecule has 4 unspecified atom stereocenters. The maximum Gasteiger partial charge on any atom is 0.242 e. The molecule has 2 saturated heterocycles. The summed E-state index contributed by atoms with van der Waals surface area (Å²) in [5, 5.41) is 5.16. The highest BCUT2D eigenvalue weighted by atomic mass is 16.5. The Bertz CT molecular complexity index is 698. The van der Waals surface area contributed by atoms with Crippen molar-refractivity contribution in [3.63, 3.8) is 0 Å². The third-order valence-corrected chi connectivity index (χ3v) is 6.33. The molecule has 0 spiro atoms. The molecule has 3 aliphatic rings. The molecular weight excluding hydrogens is 356 g/mol. The van der Waals surface area contributed by atoms with E-state index in [1.54, 1.807) is 7.11 Å². The number of hydrogen-bond donors (Lipinski definition) is 2. The number of ether oxygens (including phenoxy) is 1. The molecular formula is C21H30N4O3. The fourth-order valence-electron chi connectivity index (χ4n) is 4.95. The monoisotopic (exact) mass is 386 g/mol. The van der Waals surface area contributed by atoms with Crippen molar-refractivity contribution in [2.75, 3.05) is 26.8 Å². The normalized spacial score (nSPS) is 30.0. The molecule has 3 fully saturated rings. The van der Waals surface area contributed by atoms with E-state index in [-0.39, 0.29) is 35.9 Å². The van der Waals surface area contributed by atoms with E-state index in [1.165, 1.54) is 0 Å². The molecule has 2 N–H and O–H groups in total. The van der Waals surface area contributed by atoms with Crippen molar-refractivity contribution in [3.05, 3.63) is 35.9 Å². The summed E-state index contributed by atoms with van der Waals surface area (Å²) < 4.78 is 5.03. The van der Waals surface area contributed by atoms with E-state index in [0.717, 1.165) is 31.4 Å². The van der Waals surface area contributed by atoms with E-state index in [2.05, 4.69) is 27.9 Å². The van der Waals surface area contributed by atoms with Gasteiger partial charge in [0.25, 0.3) is 0 Å². The first-order valence-corrected chi connectivity index (χ1v) is 10.3. The van der Waals surface area contributed by atoms with Gasteiger partial charge >= 0.3 is 0 Å². The highest BCUT2D eigenvalue weighted by molar-refractivity contribution is 5.84. The summed E-state index contributed by atoms with van der Waals surface area (Å²) in [6.45, 7) is 2.51. The second-order valence-corrected chi connectivity index (χ2v) is 8.00. The molecule has 1 saturated carbocycles. The van der Waals surface area contributed by atoms with Crippen LogP contribution in [0, 0.1) is 5.92 Å². The molecule has 4 rings (SSSR count).